The van der Waals surface area contributed by atoms with Crippen LogP contribution in [0.15, 0.2) is 4.52 Å². The van der Waals surface area contributed by atoms with E-state index in [1.807, 2.05) is 0 Å². The number of nitrogens with two attached hydrogens (primary N) is 1. The van der Waals surface area contributed by atoms with Gasteiger partial charge in [-0.2, -0.15) is 0 Å². The van der Waals surface area contributed by atoms with E-state index in [2.05, 4.69) is 12.1 Å². The Morgan fingerprint density at radius 1 is 1.16 bits per heavy atom. The lowest BCUT2D eigenvalue weighted by Gasteiger charge is -2.56. The van der Waals surface area contributed by atoms with E-state index in [0.29, 0.717) is 11.3 Å². The molecule has 2 N–H and O–H groups in total. The van der Waals surface area contributed by atoms with E-state index in [4.69, 9.17) is 10.3 Å². The van der Waals surface area contributed by atoms with Crippen molar-refractivity contribution < 1.29 is 4.52 Å². The lowest BCUT2D eigenvalue weighted by atomic mass is 9.48. The smallest absolute Gasteiger partial charge is 0.225 e. The third-order valence-corrected chi connectivity index (χ3v) is 5.86. The Morgan fingerprint density at radius 2 is 1.74 bits per heavy atom. The maximum atomic E-state index is 6.02. The Bertz CT molecular complexity index is 456. The summed E-state index contributed by atoms with van der Waals surface area (Å²) in [4.78, 5) is 0. The minimum absolute atomic E-state index is 0.320. The summed E-state index contributed by atoms with van der Waals surface area (Å²) in [6.07, 6.45) is 10.5. The van der Waals surface area contributed by atoms with Gasteiger partial charge in [-0.1, -0.05) is 18.5 Å². The summed E-state index contributed by atoms with van der Waals surface area (Å²) in [6.45, 7) is 2.20. The van der Waals surface area contributed by atoms with E-state index < -0.39 is 0 Å². The molecule has 1 aromatic heterocycles. The summed E-state index contributed by atoms with van der Waals surface area (Å²) < 4.78 is 5.37. The Labute approximate surface area is 114 Å². The number of rotatable bonds is 3. The number of anilines is 1. The second-order valence-corrected chi connectivity index (χ2v) is 7.32. The van der Waals surface area contributed by atoms with Crippen LogP contribution in [-0.4, -0.2) is 5.16 Å². The summed E-state index contributed by atoms with van der Waals surface area (Å²) >= 11 is 0. The molecule has 104 valence electrons. The Kier molecular flexibility index (Phi) is 2.49. The van der Waals surface area contributed by atoms with Crippen LogP contribution < -0.4 is 5.73 Å². The van der Waals surface area contributed by atoms with Crippen LogP contribution in [0.2, 0.25) is 0 Å². The summed E-state index contributed by atoms with van der Waals surface area (Å²) in [5.41, 5.74) is 8.80. The zero-order valence-electron chi connectivity index (χ0n) is 11.8. The van der Waals surface area contributed by atoms with Gasteiger partial charge in [0.05, 0.1) is 5.69 Å². The first-order valence-corrected chi connectivity index (χ1v) is 7.94. The van der Waals surface area contributed by atoms with E-state index in [-0.39, 0.29) is 0 Å². The molecule has 0 atom stereocenters. The van der Waals surface area contributed by atoms with Crippen molar-refractivity contribution in [2.75, 3.05) is 5.73 Å². The van der Waals surface area contributed by atoms with E-state index in [9.17, 15) is 0 Å². The van der Waals surface area contributed by atoms with Crippen LogP contribution in [0.1, 0.15) is 63.1 Å². The third kappa shape index (κ3) is 1.66. The molecule has 0 aliphatic heterocycles. The molecule has 0 spiro atoms. The average molecular weight is 260 g/mol. The quantitative estimate of drug-likeness (QED) is 0.902. The molecule has 0 amide bonds. The standard InChI is InChI=1S/C16H24N2O/c1-2-3-13-14(18-19-15(13)17)16-7-10-4-11(8-16)6-12(5-10)9-16/h10-12H,2-9,17H2,1H3. The van der Waals surface area contributed by atoms with Crippen molar-refractivity contribution >= 4 is 5.88 Å². The van der Waals surface area contributed by atoms with Gasteiger partial charge in [0.2, 0.25) is 5.88 Å². The first-order chi connectivity index (χ1) is 9.20. The Hall–Kier alpha value is -0.990. The third-order valence-electron chi connectivity index (χ3n) is 5.86. The maximum Gasteiger partial charge on any atom is 0.225 e. The second kappa shape index (κ2) is 4.00. The molecule has 4 aliphatic rings. The van der Waals surface area contributed by atoms with Crippen molar-refractivity contribution in [3.63, 3.8) is 0 Å². The fourth-order valence-electron chi connectivity index (χ4n) is 5.63. The molecule has 0 aromatic carbocycles. The van der Waals surface area contributed by atoms with Gasteiger partial charge < -0.3 is 10.3 Å². The van der Waals surface area contributed by atoms with Crippen LogP contribution in [0.25, 0.3) is 0 Å². The monoisotopic (exact) mass is 260 g/mol. The summed E-state index contributed by atoms with van der Waals surface area (Å²) in [5, 5.41) is 4.42. The molecule has 1 aromatic rings. The lowest BCUT2D eigenvalue weighted by molar-refractivity contribution is -0.00880. The SMILES string of the molecule is CCCc1c(C23CC4CC(CC(C4)C2)C3)noc1N. The highest BCUT2D eigenvalue weighted by Crippen LogP contribution is 2.61. The molecule has 19 heavy (non-hydrogen) atoms. The molecule has 1 heterocycles. The van der Waals surface area contributed by atoms with Crippen LogP contribution in [-0.2, 0) is 11.8 Å². The predicted octanol–water partition coefficient (Wildman–Crippen LogP) is 3.68. The molecule has 0 unspecified atom stereocenters. The first kappa shape index (κ1) is 11.8. The number of hydrogen-bond acceptors (Lipinski definition) is 3. The van der Waals surface area contributed by atoms with Crippen molar-refractivity contribution in [2.24, 2.45) is 17.8 Å². The number of aromatic nitrogens is 1. The summed E-state index contributed by atoms with van der Waals surface area (Å²) in [6, 6.07) is 0. The minimum Gasteiger partial charge on any atom is -0.367 e. The average Bonchev–Trinajstić information content (AvgIpc) is 2.70. The van der Waals surface area contributed by atoms with Gasteiger partial charge in [0.25, 0.3) is 0 Å². The van der Waals surface area contributed by atoms with Crippen LogP contribution >= 0.6 is 0 Å². The Morgan fingerprint density at radius 3 is 2.26 bits per heavy atom. The van der Waals surface area contributed by atoms with Crippen LogP contribution in [0, 0.1) is 17.8 Å². The van der Waals surface area contributed by atoms with Crippen LogP contribution in [0.5, 0.6) is 0 Å². The number of nitrogens with zero attached hydrogens (tertiary/aromatic N) is 1. The zero-order chi connectivity index (χ0) is 13.0. The number of hydrogen-bond donors (Lipinski definition) is 1. The van der Waals surface area contributed by atoms with E-state index in [1.54, 1.807) is 0 Å². The van der Waals surface area contributed by atoms with Gasteiger partial charge in [-0.3, -0.25) is 0 Å². The van der Waals surface area contributed by atoms with Crippen molar-refractivity contribution in [2.45, 2.75) is 63.7 Å². The van der Waals surface area contributed by atoms with Crippen LogP contribution in [0.4, 0.5) is 5.88 Å². The molecular weight excluding hydrogens is 236 g/mol. The lowest BCUT2D eigenvalue weighted by Crippen LogP contribution is -2.49. The molecule has 3 heteroatoms. The summed E-state index contributed by atoms with van der Waals surface area (Å²) in [7, 11) is 0. The van der Waals surface area contributed by atoms with Gasteiger partial charge in [-0.05, 0) is 62.7 Å². The largest absolute Gasteiger partial charge is 0.367 e. The predicted molar refractivity (Wildman–Crippen MR) is 74.8 cm³/mol. The zero-order valence-corrected chi connectivity index (χ0v) is 11.8. The van der Waals surface area contributed by atoms with Gasteiger partial charge in [0.1, 0.15) is 0 Å². The van der Waals surface area contributed by atoms with Gasteiger partial charge in [0.15, 0.2) is 0 Å². The van der Waals surface area contributed by atoms with Crippen molar-refractivity contribution in [1.29, 1.82) is 0 Å². The van der Waals surface area contributed by atoms with Crippen molar-refractivity contribution in [1.82, 2.24) is 5.16 Å². The van der Waals surface area contributed by atoms with Gasteiger partial charge in [0, 0.05) is 11.0 Å². The highest BCUT2D eigenvalue weighted by Gasteiger charge is 2.53. The first-order valence-electron chi connectivity index (χ1n) is 7.94. The van der Waals surface area contributed by atoms with E-state index in [0.717, 1.165) is 30.6 Å². The molecule has 4 aliphatic carbocycles. The summed E-state index contributed by atoms with van der Waals surface area (Å²) in [5.74, 6) is 3.41. The Balaban J connectivity index is 1.75. The van der Waals surface area contributed by atoms with Gasteiger partial charge in [-0.25, -0.2) is 0 Å². The molecule has 4 bridgehead atoms. The fourth-order valence-corrected chi connectivity index (χ4v) is 5.63. The normalized spacial score (nSPS) is 39.9. The molecule has 0 radical (unpaired) electrons. The van der Waals surface area contributed by atoms with E-state index in [1.165, 1.54) is 49.8 Å². The highest BCUT2D eigenvalue weighted by molar-refractivity contribution is 5.43. The molecule has 4 saturated carbocycles. The van der Waals surface area contributed by atoms with Crippen molar-refractivity contribution in [3.05, 3.63) is 11.3 Å². The molecule has 5 rings (SSSR count). The topological polar surface area (TPSA) is 52.0 Å². The molecule has 0 saturated heterocycles. The van der Waals surface area contributed by atoms with Crippen molar-refractivity contribution in [3.8, 4) is 0 Å². The second-order valence-electron chi connectivity index (χ2n) is 7.32. The minimum atomic E-state index is 0.320. The molecule has 3 nitrogen and oxygen atoms in total. The molecular formula is C16H24N2O. The maximum absolute atomic E-state index is 6.02. The molecule has 4 fully saturated rings. The van der Waals surface area contributed by atoms with E-state index >= 15 is 0 Å². The van der Waals surface area contributed by atoms with Gasteiger partial charge >= 0.3 is 0 Å². The highest BCUT2D eigenvalue weighted by atomic mass is 16.5. The fraction of sp³-hybridized carbons (Fsp3) is 0.812. The number of nitrogen functional groups attached to an aromatic ring is 1. The van der Waals surface area contributed by atoms with Crippen LogP contribution in [0.3, 0.4) is 0 Å². The van der Waals surface area contributed by atoms with Gasteiger partial charge in [-0.15, -0.1) is 0 Å².